The summed E-state index contributed by atoms with van der Waals surface area (Å²) >= 11 is 0. The number of aromatic carboxylic acids is 1. The molecule has 2 aromatic carbocycles. The van der Waals surface area contributed by atoms with Crippen molar-refractivity contribution in [2.24, 2.45) is 0 Å². The molecule has 0 aliphatic rings. The molecule has 0 aliphatic heterocycles. The maximum Gasteiger partial charge on any atom is 0.343 e. The zero-order valence-corrected chi connectivity index (χ0v) is 11.6. The lowest BCUT2D eigenvalue weighted by atomic mass is 10.1. The molecule has 0 aromatic heterocycles. The van der Waals surface area contributed by atoms with Gasteiger partial charge in [0.05, 0.1) is 5.56 Å². The number of phenols is 6. The van der Waals surface area contributed by atoms with Crippen LogP contribution < -0.4 is 4.74 Å². The molecular weight excluding hydrogens is 328 g/mol. The van der Waals surface area contributed by atoms with Crippen molar-refractivity contribution in [3.63, 3.8) is 0 Å². The summed E-state index contributed by atoms with van der Waals surface area (Å²) in [6.07, 6.45) is 0. The van der Waals surface area contributed by atoms with Crippen molar-refractivity contribution in [3.05, 3.63) is 29.3 Å². The average molecular weight is 338 g/mol. The van der Waals surface area contributed by atoms with Crippen molar-refractivity contribution in [2.45, 2.75) is 0 Å². The van der Waals surface area contributed by atoms with E-state index >= 15 is 0 Å². The highest BCUT2D eigenvalue weighted by atomic mass is 16.5. The summed E-state index contributed by atoms with van der Waals surface area (Å²) < 4.78 is 4.66. The summed E-state index contributed by atoms with van der Waals surface area (Å²) in [4.78, 5) is 23.1. The van der Waals surface area contributed by atoms with Gasteiger partial charge in [0.2, 0.25) is 11.5 Å². The van der Waals surface area contributed by atoms with Crippen molar-refractivity contribution < 1.29 is 50.1 Å². The quantitative estimate of drug-likeness (QED) is 0.240. The van der Waals surface area contributed by atoms with Crippen LogP contribution in [0.4, 0.5) is 0 Å². The van der Waals surface area contributed by atoms with Crippen LogP contribution in [0.3, 0.4) is 0 Å². The van der Waals surface area contributed by atoms with E-state index in [0.717, 1.165) is 12.1 Å². The summed E-state index contributed by atoms with van der Waals surface area (Å²) in [7, 11) is 0. The van der Waals surface area contributed by atoms with E-state index in [0.29, 0.717) is 6.07 Å². The van der Waals surface area contributed by atoms with Crippen molar-refractivity contribution in [3.8, 4) is 40.2 Å². The first-order valence-electron chi connectivity index (χ1n) is 6.11. The van der Waals surface area contributed by atoms with Crippen molar-refractivity contribution in [2.75, 3.05) is 0 Å². The van der Waals surface area contributed by atoms with E-state index in [2.05, 4.69) is 4.74 Å². The van der Waals surface area contributed by atoms with Crippen LogP contribution in [0.5, 0.6) is 40.2 Å². The van der Waals surface area contributed by atoms with Gasteiger partial charge < -0.3 is 40.5 Å². The standard InChI is InChI=1S/C14H10O10/c15-6-1-4(2-7(16)9(6)18)14(23)24-12-5(13(21)22)3-8(17)10(19)11(12)20/h1-3,15-20H,(H,21,22). The molecular formula is C14H10O10. The lowest BCUT2D eigenvalue weighted by molar-refractivity contribution is 0.0677. The summed E-state index contributed by atoms with van der Waals surface area (Å²) in [5.74, 6) is -9.82. The van der Waals surface area contributed by atoms with Crippen LogP contribution >= 0.6 is 0 Å². The minimum Gasteiger partial charge on any atom is -0.504 e. The van der Waals surface area contributed by atoms with Gasteiger partial charge in [-0.15, -0.1) is 0 Å². The first-order valence-corrected chi connectivity index (χ1v) is 6.11. The monoisotopic (exact) mass is 338 g/mol. The molecule has 0 fully saturated rings. The molecule has 2 aromatic rings. The lowest BCUT2D eigenvalue weighted by Gasteiger charge is -2.12. The zero-order valence-electron chi connectivity index (χ0n) is 11.6. The van der Waals surface area contributed by atoms with E-state index in [-0.39, 0.29) is 0 Å². The van der Waals surface area contributed by atoms with E-state index in [1.54, 1.807) is 0 Å². The smallest absolute Gasteiger partial charge is 0.343 e. The van der Waals surface area contributed by atoms with Gasteiger partial charge in [-0.25, -0.2) is 9.59 Å². The van der Waals surface area contributed by atoms with E-state index in [4.69, 9.17) is 5.11 Å². The Morgan fingerprint density at radius 1 is 0.750 bits per heavy atom. The Morgan fingerprint density at radius 3 is 1.75 bits per heavy atom. The van der Waals surface area contributed by atoms with Crippen molar-refractivity contribution >= 4 is 11.9 Å². The number of carboxylic acids is 1. The van der Waals surface area contributed by atoms with Gasteiger partial charge in [0.1, 0.15) is 5.56 Å². The third-order valence-electron chi connectivity index (χ3n) is 2.94. The number of hydrogen-bond donors (Lipinski definition) is 7. The number of carbonyl (C=O) groups is 2. The highest BCUT2D eigenvalue weighted by molar-refractivity contribution is 5.98. The molecule has 0 saturated heterocycles. The van der Waals surface area contributed by atoms with Crippen LogP contribution in [0, 0.1) is 0 Å². The number of aromatic hydroxyl groups is 6. The summed E-state index contributed by atoms with van der Waals surface area (Å²) in [5.41, 5.74) is -1.32. The van der Waals surface area contributed by atoms with Crippen LogP contribution in [-0.4, -0.2) is 47.7 Å². The number of benzene rings is 2. The number of rotatable bonds is 3. The molecule has 2 rings (SSSR count). The van der Waals surface area contributed by atoms with E-state index in [9.17, 15) is 40.2 Å². The molecule has 10 nitrogen and oxygen atoms in total. The molecule has 10 heteroatoms. The normalized spacial score (nSPS) is 10.3. The van der Waals surface area contributed by atoms with Crippen LogP contribution in [-0.2, 0) is 0 Å². The van der Waals surface area contributed by atoms with E-state index in [1.807, 2.05) is 0 Å². The van der Waals surface area contributed by atoms with Crippen LogP contribution in [0.15, 0.2) is 18.2 Å². The molecule has 0 aliphatic carbocycles. The molecule has 7 N–H and O–H groups in total. The third-order valence-corrected chi connectivity index (χ3v) is 2.94. The number of phenolic OH excluding ortho intramolecular Hbond substituents is 6. The average Bonchev–Trinajstić information content (AvgIpc) is 2.51. The molecule has 0 amide bonds. The largest absolute Gasteiger partial charge is 0.504 e. The SMILES string of the molecule is O=C(Oc1c(C(=O)O)cc(O)c(O)c1O)c1cc(O)c(O)c(O)c1. The highest BCUT2D eigenvalue weighted by Crippen LogP contribution is 2.45. The Morgan fingerprint density at radius 2 is 1.25 bits per heavy atom. The van der Waals surface area contributed by atoms with Crippen molar-refractivity contribution in [1.82, 2.24) is 0 Å². The predicted molar refractivity (Wildman–Crippen MR) is 74.8 cm³/mol. The summed E-state index contributed by atoms with van der Waals surface area (Å²) in [5, 5.41) is 65.3. The Balaban J connectivity index is 2.50. The molecule has 0 spiro atoms. The molecule has 0 radical (unpaired) electrons. The molecule has 0 atom stereocenters. The molecule has 0 saturated carbocycles. The van der Waals surface area contributed by atoms with E-state index in [1.165, 1.54) is 0 Å². The zero-order chi connectivity index (χ0) is 18.2. The van der Waals surface area contributed by atoms with Crippen LogP contribution in [0.2, 0.25) is 0 Å². The van der Waals surface area contributed by atoms with Gasteiger partial charge in [-0.05, 0) is 12.1 Å². The first kappa shape index (κ1) is 16.5. The Kier molecular flexibility index (Phi) is 3.97. The minimum atomic E-state index is -1.68. The number of hydrogen-bond acceptors (Lipinski definition) is 9. The minimum absolute atomic E-state index is 0.494. The fraction of sp³-hybridized carbons (Fsp3) is 0. The highest BCUT2D eigenvalue weighted by Gasteiger charge is 2.26. The number of ether oxygens (including phenoxy) is 1. The molecule has 0 heterocycles. The molecule has 0 bridgehead atoms. The second-order valence-corrected chi connectivity index (χ2v) is 4.53. The molecule has 24 heavy (non-hydrogen) atoms. The molecule has 0 unspecified atom stereocenters. The lowest BCUT2D eigenvalue weighted by Crippen LogP contribution is -2.12. The Hall–Kier alpha value is -3.82. The second kappa shape index (κ2) is 5.76. The van der Waals surface area contributed by atoms with Gasteiger partial charge in [-0.3, -0.25) is 0 Å². The summed E-state index contributed by atoms with van der Waals surface area (Å²) in [6, 6.07) is 1.98. The predicted octanol–water partition coefficient (Wildman–Crippen LogP) is 0.838. The van der Waals surface area contributed by atoms with E-state index < -0.39 is 63.3 Å². The number of carbonyl (C=O) groups excluding carboxylic acids is 1. The summed E-state index contributed by atoms with van der Waals surface area (Å²) in [6.45, 7) is 0. The number of carboxylic acid groups (broad SMARTS) is 1. The Labute approximate surface area is 132 Å². The first-order chi connectivity index (χ1) is 11.1. The fourth-order valence-corrected chi connectivity index (χ4v) is 1.76. The number of esters is 1. The third kappa shape index (κ3) is 2.75. The van der Waals surface area contributed by atoms with Gasteiger partial charge in [0.25, 0.3) is 0 Å². The van der Waals surface area contributed by atoms with Crippen LogP contribution in [0.25, 0.3) is 0 Å². The Bertz CT molecular complexity index is 832. The van der Waals surface area contributed by atoms with Crippen molar-refractivity contribution in [1.29, 1.82) is 0 Å². The van der Waals surface area contributed by atoms with Gasteiger partial charge in [-0.2, -0.15) is 0 Å². The maximum absolute atomic E-state index is 12.0. The van der Waals surface area contributed by atoms with Gasteiger partial charge >= 0.3 is 11.9 Å². The van der Waals surface area contributed by atoms with Gasteiger partial charge in [-0.1, -0.05) is 0 Å². The fourth-order valence-electron chi connectivity index (χ4n) is 1.76. The second-order valence-electron chi connectivity index (χ2n) is 4.53. The van der Waals surface area contributed by atoms with Gasteiger partial charge in [0.15, 0.2) is 28.7 Å². The molecule has 126 valence electrons. The van der Waals surface area contributed by atoms with Gasteiger partial charge in [0, 0.05) is 6.07 Å². The maximum atomic E-state index is 12.0. The van der Waals surface area contributed by atoms with Crippen LogP contribution in [0.1, 0.15) is 20.7 Å². The topological polar surface area (TPSA) is 185 Å².